The van der Waals surface area contributed by atoms with E-state index in [0.29, 0.717) is 30.7 Å². The second kappa shape index (κ2) is 31.0. The Morgan fingerprint density at radius 2 is 1.12 bits per heavy atom. The van der Waals surface area contributed by atoms with Gasteiger partial charge in [-0.3, -0.25) is 29.8 Å². The van der Waals surface area contributed by atoms with Gasteiger partial charge >= 0.3 is 18.3 Å². The Balaban J connectivity index is 1.32. The molecule has 0 aromatic heterocycles. The molecule has 2 heterocycles. The quantitative estimate of drug-likeness (QED) is 0.0224. The average Bonchev–Trinajstić information content (AvgIpc) is 2.39. The van der Waals surface area contributed by atoms with Crippen LogP contribution in [0.15, 0.2) is 85.5 Å². The minimum absolute atomic E-state index is 0.00580. The standard InChI is InChI=1S/C64H93N7O16Si2/c1-19-25-84-62(79)69-55(39(2)3)57(73)65-42(6)56(72)66-44-23-21-43(22-24-44)36-85-61(78)68-50-33-54(52(81-14)31-48(50)59(75)71-35-41(5)29-46(71)38-87-89(17,18)64(10,11)12)83-27-20-26-82-53-32-49(67-60(76)77)47(30-51(53)80-13)58(74)70-34-40(4)28-45(70)37-86-88(15,16)63(7,8)9/h19,21-24,30-33,39,42,45-46,55,67H,1,4-5,20,25-29,34-38H2,2-3,6-18H3,(H,65,73)(H,66,72)(H,68,78)(H,69,79)(H,76,77)/t42?,45-,46-,55?/m0/s1. The first kappa shape index (κ1) is 71.9. The summed E-state index contributed by atoms with van der Waals surface area (Å²) >= 11 is 0. The minimum atomic E-state index is -2.23. The number of amides is 7. The zero-order valence-corrected chi connectivity index (χ0v) is 56.4. The van der Waals surface area contributed by atoms with Crippen LogP contribution in [-0.4, -0.2) is 158 Å². The van der Waals surface area contributed by atoms with E-state index in [1.165, 1.54) is 51.5 Å². The van der Waals surface area contributed by atoms with E-state index in [1.54, 1.807) is 47.9 Å². The number of likely N-dealkylation sites (tertiary alicyclic amines) is 2. The zero-order chi connectivity index (χ0) is 66.3. The molecule has 3 aromatic carbocycles. The molecule has 0 radical (unpaired) electrons. The number of nitrogens with one attached hydrogen (secondary N) is 5. The highest BCUT2D eigenvalue weighted by Gasteiger charge is 2.42. The van der Waals surface area contributed by atoms with Gasteiger partial charge in [-0.2, -0.15) is 0 Å². The Morgan fingerprint density at radius 1 is 0.652 bits per heavy atom. The maximum atomic E-state index is 14.8. The molecule has 2 aliphatic heterocycles. The van der Waals surface area contributed by atoms with Gasteiger partial charge in [0.1, 0.15) is 25.3 Å². The Morgan fingerprint density at radius 3 is 1.55 bits per heavy atom. The van der Waals surface area contributed by atoms with Crippen LogP contribution in [0.25, 0.3) is 0 Å². The van der Waals surface area contributed by atoms with Crippen LogP contribution in [0.1, 0.15) is 108 Å². The first-order valence-corrected chi connectivity index (χ1v) is 35.5. The van der Waals surface area contributed by atoms with Gasteiger partial charge in [0.05, 0.1) is 75.2 Å². The van der Waals surface area contributed by atoms with Gasteiger partial charge in [-0.15, -0.1) is 0 Å². The topological polar surface area (TPSA) is 280 Å². The molecule has 23 nitrogen and oxygen atoms in total. The van der Waals surface area contributed by atoms with Crippen molar-refractivity contribution < 1.29 is 75.9 Å². The van der Waals surface area contributed by atoms with Crippen molar-refractivity contribution in [1.29, 1.82) is 0 Å². The molecule has 2 aliphatic rings. The highest BCUT2D eigenvalue weighted by molar-refractivity contribution is 6.74. The fourth-order valence-corrected chi connectivity index (χ4v) is 11.2. The Hall–Kier alpha value is -7.88. The van der Waals surface area contributed by atoms with Crippen molar-refractivity contribution >= 4 is 75.6 Å². The molecule has 2 fully saturated rings. The SMILES string of the molecule is C=CCOC(=O)NC(C(=O)NC(C)C(=O)Nc1ccc(COC(=O)Nc2cc(OCCCOc3cc(NC(=O)O)c(C(=O)N4CC(=C)C[C@H]4CO[Si](C)(C)C(C)(C)C)cc3OC)c(OC)cc2C(=O)N2CC(=C)C[C@H]2CO[Si](C)(C)C(C)(C)C)cc1)C(C)C. The third-order valence-corrected chi connectivity index (χ3v) is 25.4. The van der Waals surface area contributed by atoms with Crippen molar-refractivity contribution in [1.82, 2.24) is 20.4 Å². The molecule has 0 aliphatic carbocycles. The summed E-state index contributed by atoms with van der Waals surface area (Å²) < 4.78 is 47.6. The summed E-state index contributed by atoms with van der Waals surface area (Å²) in [5, 5.41) is 22.7. The summed E-state index contributed by atoms with van der Waals surface area (Å²) in [5.74, 6) is -1.58. The number of benzene rings is 3. The van der Waals surface area contributed by atoms with E-state index in [0.717, 1.165) is 11.1 Å². The van der Waals surface area contributed by atoms with Gasteiger partial charge in [0.25, 0.3) is 11.8 Å². The van der Waals surface area contributed by atoms with E-state index >= 15 is 0 Å². The third-order valence-electron chi connectivity index (χ3n) is 16.4. The number of hydrogen-bond acceptors (Lipinski definition) is 15. The van der Waals surface area contributed by atoms with Crippen LogP contribution in [-0.2, 0) is 34.5 Å². The van der Waals surface area contributed by atoms with Crippen molar-refractivity contribution in [3.8, 4) is 23.0 Å². The number of nitrogens with zero attached hydrogens (tertiary/aromatic N) is 2. The first-order valence-electron chi connectivity index (χ1n) is 29.7. The number of carbonyl (C=O) groups is 7. The van der Waals surface area contributed by atoms with Gasteiger partial charge < -0.3 is 68.1 Å². The van der Waals surface area contributed by atoms with Crippen molar-refractivity contribution in [2.24, 2.45) is 5.92 Å². The second-order valence-corrected chi connectivity index (χ2v) is 35.3. The molecular weight excluding hydrogens is 1180 g/mol. The molecule has 2 saturated heterocycles. The van der Waals surface area contributed by atoms with Gasteiger partial charge in [0, 0.05) is 37.3 Å². The van der Waals surface area contributed by atoms with E-state index in [9.17, 15) is 38.7 Å². The fraction of sp³-hybridized carbons (Fsp3) is 0.516. The molecule has 5 rings (SSSR count). The number of carbonyl (C=O) groups excluding carboxylic acids is 6. The summed E-state index contributed by atoms with van der Waals surface area (Å²) in [6, 6.07) is 9.67. The molecule has 7 amide bonds. The lowest BCUT2D eigenvalue weighted by Gasteiger charge is -2.38. The largest absolute Gasteiger partial charge is 0.493 e. The molecule has 89 heavy (non-hydrogen) atoms. The summed E-state index contributed by atoms with van der Waals surface area (Å²) in [6.45, 7) is 39.2. The normalized spacial score (nSPS) is 16.0. The lowest BCUT2D eigenvalue weighted by atomic mass is 10.0. The van der Waals surface area contributed by atoms with Gasteiger partial charge in [-0.25, -0.2) is 14.4 Å². The molecule has 25 heteroatoms. The van der Waals surface area contributed by atoms with Crippen LogP contribution < -0.4 is 45.5 Å². The molecule has 4 atom stereocenters. The number of carboxylic acid groups (broad SMARTS) is 1. The molecule has 0 saturated carbocycles. The second-order valence-electron chi connectivity index (χ2n) is 25.7. The number of hydrogen-bond donors (Lipinski definition) is 6. The van der Waals surface area contributed by atoms with Crippen molar-refractivity contribution in [3.63, 3.8) is 0 Å². The lowest BCUT2D eigenvalue weighted by molar-refractivity contribution is -0.128. The summed E-state index contributed by atoms with van der Waals surface area (Å²) in [4.78, 5) is 96.8. The average molecular weight is 1270 g/mol. The monoisotopic (exact) mass is 1270 g/mol. The predicted molar refractivity (Wildman–Crippen MR) is 346 cm³/mol. The number of anilines is 3. The Kier molecular flexibility index (Phi) is 25.1. The highest BCUT2D eigenvalue weighted by Crippen LogP contribution is 2.41. The van der Waals surface area contributed by atoms with Gasteiger partial charge in [-0.05, 0) is 91.8 Å². The summed E-state index contributed by atoms with van der Waals surface area (Å²) in [7, 11) is -1.56. The molecule has 0 spiro atoms. The van der Waals surface area contributed by atoms with E-state index in [-0.39, 0.29) is 126 Å². The molecule has 6 N–H and O–H groups in total. The van der Waals surface area contributed by atoms with E-state index in [4.69, 9.17) is 37.3 Å². The summed E-state index contributed by atoms with van der Waals surface area (Å²) in [6.07, 6.45) is -0.383. The Bertz CT molecular complexity index is 3080. The molecule has 2 unspecified atom stereocenters. The maximum absolute atomic E-state index is 14.8. The molecular formula is C64H93N7O16Si2. The minimum Gasteiger partial charge on any atom is -0.493 e. The number of ether oxygens (including phenoxy) is 6. The van der Waals surface area contributed by atoms with Crippen LogP contribution in [0.3, 0.4) is 0 Å². The van der Waals surface area contributed by atoms with Crippen LogP contribution >= 0.6 is 0 Å². The zero-order valence-electron chi connectivity index (χ0n) is 54.4. The molecule has 0 bridgehead atoms. The number of alkyl carbamates (subject to hydrolysis) is 1. The van der Waals surface area contributed by atoms with Crippen molar-refractivity contribution in [3.05, 3.63) is 102 Å². The van der Waals surface area contributed by atoms with Crippen LogP contribution in [0.2, 0.25) is 36.3 Å². The van der Waals surface area contributed by atoms with Gasteiger partial charge in [0.2, 0.25) is 11.8 Å². The molecule has 488 valence electrons. The van der Waals surface area contributed by atoms with Crippen molar-refractivity contribution in [2.45, 2.75) is 149 Å². The molecule has 3 aromatic rings. The first-order chi connectivity index (χ1) is 41.6. The van der Waals surface area contributed by atoms with Gasteiger partial charge in [0.15, 0.2) is 39.6 Å². The van der Waals surface area contributed by atoms with Crippen LogP contribution in [0.5, 0.6) is 23.0 Å². The van der Waals surface area contributed by atoms with Gasteiger partial charge in [-0.1, -0.05) is 104 Å². The smallest absolute Gasteiger partial charge is 0.411 e. The van der Waals surface area contributed by atoms with E-state index in [2.05, 4.69) is 114 Å². The van der Waals surface area contributed by atoms with E-state index in [1.807, 2.05) is 0 Å². The fourth-order valence-electron chi connectivity index (χ4n) is 9.08. The highest BCUT2D eigenvalue weighted by atomic mass is 28.4. The van der Waals surface area contributed by atoms with Crippen LogP contribution in [0, 0.1) is 5.92 Å². The predicted octanol–water partition coefficient (Wildman–Crippen LogP) is 11.4. The lowest BCUT2D eigenvalue weighted by Crippen LogP contribution is -2.53. The Labute approximate surface area is 525 Å². The summed E-state index contributed by atoms with van der Waals surface area (Å²) in [5.41, 5.74) is 2.82. The third kappa shape index (κ3) is 19.8. The van der Waals surface area contributed by atoms with Crippen LogP contribution in [0.4, 0.5) is 31.4 Å². The number of methoxy groups -OCH3 is 2. The maximum Gasteiger partial charge on any atom is 0.411 e. The van der Waals surface area contributed by atoms with E-state index < -0.39 is 70.6 Å². The number of rotatable bonds is 28. The van der Waals surface area contributed by atoms with Crippen molar-refractivity contribution in [2.75, 3.05) is 76.3 Å².